The van der Waals surface area contributed by atoms with Crippen LogP contribution in [0.3, 0.4) is 0 Å². The summed E-state index contributed by atoms with van der Waals surface area (Å²) in [6.07, 6.45) is 0. The van der Waals surface area contributed by atoms with Crippen LogP contribution < -0.4 is 10.5 Å². The van der Waals surface area contributed by atoms with Gasteiger partial charge in [-0.05, 0) is 6.92 Å². The number of nitro benzene ring substituents is 1. The maximum Gasteiger partial charge on any atom is 0.306 e. The topological polar surface area (TPSA) is 115 Å². The summed E-state index contributed by atoms with van der Waals surface area (Å²) in [6, 6.07) is -0.218. The van der Waals surface area contributed by atoms with Gasteiger partial charge in [0.15, 0.2) is 0 Å². The van der Waals surface area contributed by atoms with Crippen LogP contribution in [-0.2, 0) is 10.0 Å². The largest absolute Gasteiger partial charge is 0.329 e. The minimum atomic E-state index is -4.35. The fraction of sp³-hybridized carbons (Fsp3) is 0.333. The first-order valence-corrected chi connectivity index (χ1v) is 6.53. The van der Waals surface area contributed by atoms with E-state index in [2.05, 4.69) is 0 Å². The minimum Gasteiger partial charge on any atom is -0.329 e. The highest BCUT2D eigenvalue weighted by molar-refractivity contribution is 7.89. The summed E-state index contributed by atoms with van der Waals surface area (Å²) in [5.41, 5.74) is 4.09. The Hall–Kier alpha value is -1.65. The average molecular weight is 295 g/mol. The fourth-order valence-electron chi connectivity index (χ4n) is 1.24. The molecule has 1 rings (SSSR count). The molecule has 0 amide bonds. The van der Waals surface area contributed by atoms with Crippen LogP contribution in [0.2, 0.25) is 0 Å². The van der Waals surface area contributed by atoms with E-state index in [1.165, 1.54) is 6.92 Å². The lowest BCUT2D eigenvalue weighted by atomic mass is 10.3. The molecule has 0 heterocycles. The first-order chi connectivity index (χ1) is 8.69. The lowest BCUT2D eigenvalue weighted by Gasteiger charge is -2.12. The van der Waals surface area contributed by atoms with Crippen molar-refractivity contribution in [2.75, 3.05) is 6.54 Å². The molecule has 0 aromatic heterocycles. The van der Waals surface area contributed by atoms with Crippen LogP contribution in [-0.4, -0.2) is 25.9 Å². The van der Waals surface area contributed by atoms with Gasteiger partial charge in [-0.25, -0.2) is 17.5 Å². The molecule has 0 bridgehead atoms. The van der Waals surface area contributed by atoms with E-state index < -0.39 is 43.2 Å². The second kappa shape index (κ2) is 5.55. The quantitative estimate of drug-likeness (QED) is 0.606. The standard InChI is InChI=1S/C9H11F2N3O4S/c1-5(4-12)13-19(17,18)9-3-8(14(15)16)6(10)2-7(9)11/h2-3,5,13H,4,12H2,1H3. The Morgan fingerprint density at radius 2 is 2.00 bits per heavy atom. The van der Waals surface area contributed by atoms with Crippen molar-refractivity contribution in [3.05, 3.63) is 33.9 Å². The molecule has 19 heavy (non-hydrogen) atoms. The number of nitrogens with one attached hydrogen (secondary N) is 1. The summed E-state index contributed by atoms with van der Waals surface area (Å²) < 4.78 is 52.0. The molecule has 3 N–H and O–H groups in total. The summed E-state index contributed by atoms with van der Waals surface area (Å²) >= 11 is 0. The van der Waals surface area contributed by atoms with E-state index in [0.717, 1.165) is 0 Å². The van der Waals surface area contributed by atoms with Crippen molar-refractivity contribution in [1.82, 2.24) is 4.72 Å². The van der Waals surface area contributed by atoms with E-state index in [1.807, 2.05) is 4.72 Å². The smallest absolute Gasteiger partial charge is 0.306 e. The van der Waals surface area contributed by atoms with Crippen LogP contribution in [0.15, 0.2) is 17.0 Å². The number of halogens is 2. The second-order valence-electron chi connectivity index (χ2n) is 3.75. The number of sulfonamides is 1. The molecule has 0 fully saturated rings. The number of rotatable bonds is 5. The Bertz CT molecular complexity index is 606. The summed E-state index contributed by atoms with van der Waals surface area (Å²) in [6.45, 7) is 1.37. The van der Waals surface area contributed by atoms with Crippen LogP contribution in [0.4, 0.5) is 14.5 Å². The minimum absolute atomic E-state index is 0.0515. The summed E-state index contributed by atoms with van der Waals surface area (Å²) in [5.74, 6) is -2.87. The van der Waals surface area contributed by atoms with Crippen LogP contribution in [0, 0.1) is 21.7 Å². The van der Waals surface area contributed by atoms with Gasteiger partial charge >= 0.3 is 5.69 Å². The molecule has 7 nitrogen and oxygen atoms in total. The third-order valence-electron chi connectivity index (χ3n) is 2.20. The van der Waals surface area contributed by atoms with Gasteiger partial charge in [0.25, 0.3) is 0 Å². The molecule has 106 valence electrons. The molecular formula is C9H11F2N3O4S. The van der Waals surface area contributed by atoms with Gasteiger partial charge in [-0.2, -0.15) is 4.39 Å². The molecular weight excluding hydrogens is 284 g/mol. The molecule has 1 atom stereocenters. The van der Waals surface area contributed by atoms with Gasteiger partial charge < -0.3 is 5.73 Å². The highest BCUT2D eigenvalue weighted by Gasteiger charge is 2.27. The van der Waals surface area contributed by atoms with E-state index in [-0.39, 0.29) is 12.6 Å². The Kier molecular flexibility index (Phi) is 4.50. The Labute approximate surface area is 107 Å². The number of hydrogen-bond acceptors (Lipinski definition) is 5. The van der Waals surface area contributed by atoms with Crippen molar-refractivity contribution < 1.29 is 22.1 Å². The lowest BCUT2D eigenvalue weighted by Crippen LogP contribution is -2.38. The van der Waals surface area contributed by atoms with Crippen molar-refractivity contribution in [2.45, 2.75) is 17.9 Å². The van der Waals surface area contributed by atoms with E-state index in [9.17, 15) is 27.3 Å². The number of benzene rings is 1. The van der Waals surface area contributed by atoms with Gasteiger partial charge in [-0.1, -0.05) is 0 Å². The molecule has 0 spiro atoms. The maximum atomic E-state index is 13.4. The first-order valence-electron chi connectivity index (χ1n) is 5.05. The highest BCUT2D eigenvalue weighted by Crippen LogP contribution is 2.24. The molecule has 0 saturated carbocycles. The van der Waals surface area contributed by atoms with Crippen LogP contribution >= 0.6 is 0 Å². The van der Waals surface area contributed by atoms with E-state index in [0.29, 0.717) is 6.07 Å². The molecule has 0 aliphatic carbocycles. The number of hydrogen-bond donors (Lipinski definition) is 2. The lowest BCUT2D eigenvalue weighted by molar-refractivity contribution is -0.387. The average Bonchev–Trinajstić information content (AvgIpc) is 2.27. The fourth-order valence-corrected chi connectivity index (χ4v) is 2.58. The maximum absolute atomic E-state index is 13.4. The van der Waals surface area contributed by atoms with Gasteiger partial charge in [0, 0.05) is 24.7 Å². The number of nitrogens with zero attached hydrogens (tertiary/aromatic N) is 1. The first kappa shape index (κ1) is 15.4. The zero-order chi connectivity index (χ0) is 14.8. The predicted octanol–water partition coefficient (Wildman–Crippen LogP) is 0.499. The Balaban J connectivity index is 3.34. The van der Waals surface area contributed by atoms with Crippen molar-refractivity contribution in [3.8, 4) is 0 Å². The van der Waals surface area contributed by atoms with Crippen molar-refractivity contribution in [1.29, 1.82) is 0 Å². The zero-order valence-electron chi connectivity index (χ0n) is 9.76. The molecule has 10 heteroatoms. The SMILES string of the molecule is CC(CN)NS(=O)(=O)c1cc([N+](=O)[O-])c(F)cc1F. The predicted molar refractivity (Wildman–Crippen MR) is 61.9 cm³/mol. The van der Waals surface area contributed by atoms with Crippen molar-refractivity contribution in [2.24, 2.45) is 5.73 Å². The third kappa shape index (κ3) is 3.43. The van der Waals surface area contributed by atoms with Crippen LogP contribution in [0.25, 0.3) is 0 Å². The molecule has 1 unspecified atom stereocenters. The Morgan fingerprint density at radius 1 is 1.42 bits per heavy atom. The second-order valence-corrected chi connectivity index (χ2v) is 5.43. The highest BCUT2D eigenvalue weighted by atomic mass is 32.2. The normalized spacial score (nSPS) is 13.3. The van der Waals surface area contributed by atoms with Gasteiger partial charge in [-0.3, -0.25) is 10.1 Å². The van der Waals surface area contributed by atoms with Gasteiger partial charge in [0.1, 0.15) is 10.7 Å². The van der Waals surface area contributed by atoms with Crippen LogP contribution in [0.5, 0.6) is 0 Å². The molecule has 0 aliphatic heterocycles. The van der Waals surface area contributed by atoms with Crippen molar-refractivity contribution in [3.63, 3.8) is 0 Å². The number of nitro groups is 1. The van der Waals surface area contributed by atoms with E-state index in [1.54, 1.807) is 0 Å². The molecule has 1 aromatic carbocycles. The van der Waals surface area contributed by atoms with E-state index in [4.69, 9.17) is 5.73 Å². The molecule has 0 radical (unpaired) electrons. The Morgan fingerprint density at radius 3 is 2.47 bits per heavy atom. The van der Waals surface area contributed by atoms with E-state index >= 15 is 0 Å². The third-order valence-corrected chi connectivity index (χ3v) is 3.80. The summed E-state index contributed by atoms with van der Waals surface area (Å²) in [5, 5.41) is 10.5. The number of nitrogens with two attached hydrogens (primary N) is 1. The van der Waals surface area contributed by atoms with Gasteiger partial charge in [0.2, 0.25) is 15.8 Å². The van der Waals surface area contributed by atoms with Crippen LogP contribution in [0.1, 0.15) is 6.92 Å². The van der Waals surface area contributed by atoms with Crippen molar-refractivity contribution >= 4 is 15.7 Å². The van der Waals surface area contributed by atoms with Gasteiger partial charge in [-0.15, -0.1) is 0 Å². The summed E-state index contributed by atoms with van der Waals surface area (Å²) in [7, 11) is -4.35. The monoisotopic (exact) mass is 295 g/mol. The molecule has 0 aliphatic rings. The summed E-state index contributed by atoms with van der Waals surface area (Å²) in [4.78, 5) is 8.36. The zero-order valence-corrected chi connectivity index (χ0v) is 10.6. The molecule has 1 aromatic rings. The van der Waals surface area contributed by atoms with Gasteiger partial charge in [0.05, 0.1) is 4.92 Å². The molecule has 0 saturated heterocycles.